The van der Waals surface area contributed by atoms with Crippen molar-refractivity contribution in [3.8, 4) is 5.69 Å². The lowest BCUT2D eigenvalue weighted by Gasteiger charge is -2.05. The zero-order valence-electron chi connectivity index (χ0n) is 10.3. The van der Waals surface area contributed by atoms with E-state index >= 15 is 0 Å². The molecular weight excluding hydrogens is 286 g/mol. The molecule has 0 atom stereocenters. The highest BCUT2D eigenvalue weighted by molar-refractivity contribution is 6.31. The second kappa shape index (κ2) is 5.14. The van der Waals surface area contributed by atoms with Crippen LogP contribution < -0.4 is 0 Å². The zero-order valence-corrected chi connectivity index (χ0v) is 11.8. The predicted octanol–water partition coefficient (Wildman–Crippen LogP) is 4.59. The zero-order chi connectivity index (χ0) is 13.4. The molecule has 0 saturated heterocycles. The first-order valence-electron chi connectivity index (χ1n) is 6.38. The van der Waals surface area contributed by atoms with E-state index in [1.165, 1.54) is 18.6 Å². The third-order valence-electron chi connectivity index (χ3n) is 3.49. The predicted molar refractivity (Wildman–Crippen MR) is 74.8 cm³/mol. The molecule has 0 aliphatic heterocycles. The summed E-state index contributed by atoms with van der Waals surface area (Å²) in [7, 11) is 0. The third kappa shape index (κ3) is 2.37. The van der Waals surface area contributed by atoms with Crippen molar-refractivity contribution >= 4 is 23.2 Å². The van der Waals surface area contributed by atoms with Gasteiger partial charge >= 0.3 is 0 Å². The van der Waals surface area contributed by atoms with Gasteiger partial charge in [-0.2, -0.15) is 5.10 Å². The molecule has 1 aromatic heterocycles. The number of hydrogen-bond acceptors (Lipinski definition) is 1. The first-order chi connectivity index (χ1) is 9.16. The van der Waals surface area contributed by atoms with E-state index in [-0.39, 0.29) is 5.02 Å². The Kier molecular flexibility index (Phi) is 3.50. The Morgan fingerprint density at radius 2 is 1.89 bits per heavy atom. The lowest BCUT2D eigenvalue weighted by Crippen LogP contribution is -1.98. The summed E-state index contributed by atoms with van der Waals surface area (Å²) in [5.41, 5.74) is 2.76. The molecule has 0 amide bonds. The van der Waals surface area contributed by atoms with E-state index < -0.39 is 5.82 Å². The van der Waals surface area contributed by atoms with Gasteiger partial charge in [0, 0.05) is 11.6 Å². The standard InChI is InChI=1S/C14H13Cl2FN2/c15-11-7-6-9(8-12(11)17)19-14(16)10-4-2-1-3-5-13(10)18-19/h6-8H,1-5H2. The molecular formula is C14H13Cl2FN2. The minimum atomic E-state index is -0.457. The lowest BCUT2D eigenvalue weighted by molar-refractivity contribution is 0.625. The van der Waals surface area contributed by atoms with Crippen LogP contribution in [0.25, 0.3) is 5.69 Å². The third-order valence-corrected chi connectivity index (χ3v) is 4.19. The second-order valence-corrected chi connectivity index (χ2v) is 5.55. The van der Waals surface area contributed by atoms with Crippen LogP contribution in [0.15, 0.2) is 18.2 Å². The van der Waals surface area contributed by atoms with E-state index in [2.05, 4.69) is 5.10 Å². The fourth-order valence-corrected chi connectivity index (χ4v) is 2.94. The van der Waals surface area contributed by atoms with Crippen LogP contribution in [0.3, 0.4) is 0 Å². The number of fused-ring (bicyclic) bond motifs is 1. The van der Waals surface area contributed by atoms with Crippen molar-refractivity contribution in [2.45, 2.75) is 32.1 Å². The maximum atomic E-state index is 13.5. The molecule has 1 heterocycles. The maximum absolute atomic E-state index is 13.5. The van der Waals surface area contributed by atoms with Crippen LogP contribution in [-0.4, -0.2) is 9.78 Å². The topological polar surface area (TPSA) is 17.8 Å². The van der Waals surface area contributed by atoms with E-state index in [1.807, 2.05) is 0 Å². The van der Waals surface area contributed by atoms with Crippen molar-refractivity contribution < 1.29 is 4.39 Å². The maximum Gasteiger partial charge on any atom is 0.143 e. The van der Waals surface area contributed by atoms with Crippen LogP contribution in [-0.2, 0) is 12.8 Å². The summed E-state index contributed by atoms with van der Waals surface area (Å²) < 4.78 is 15.1. The van der Waals surface area contributed by atoms with Gasteiger partial charge in [-0.15, -0.1) is 0 Å². The van der Waals surface area contributed by atoms with Crippen LogP contribution in [0.1, 0.15) is 30.5 Å². The van der Waals surface area contributed by atoms with Crippen molar-refractivity contribution in [3.63, 3.8) is 0 Å². The van der Waals surface area contributed by atoms with Crippen molar-refractivity contribution in [2.24, 2.45) is 0 Å². The molecule has 100 valence electrons. The first kappa shape index (κ1) is 12.9. The summed E-state index contributed by atoms with van der Waals surface area (Å²) in [4.78, 5) is 0. The van der Waals surface area contributed by atoms with Gasteiger partial charge in [0.25, 0.3) is 0 Å². The van der Waals surface area contributed by atoms with E-state index in [0.717, 1.165) is 36.9 Å². The van der Waals surface area contributed by atoms with Crippen LogP contribution >= 0.6 is 23.2 Å². The quantitative estimate of drug-likeness (QED) is 0.704. The smallest absolute Gasteiger partial charge is 0.143 e. The van der Waals surface area contributed by atoms with Gasteiger partial charge in [0.05, 0.1) is 16.4 Å². The van der Waals surface area contributed by atoms with Gasteiger partial charge in [-0.1, -0.05) is 29.6 Å². The SMILES string of the molecule is Fc1cc(-n2nc3c(c2Cl)CCCCC3)ccc1Cl. The molecule has 0 radical (unpaired) electrons. The Bertz CT molecular complexity index is 622. The van der Waals surface area contributed by atoms with Crippen molar-refractivity contribution in [2.75, 3.05) is 0 Å². The van der Waals surface area contributed by atoms with Gasteiger partial charge in [-0.3, -0.25) is 0 Å². The molecule has 3 rings (SSSR count). The number of aromatic nitrogens is 2. The van der Waals surface area contributed by atoms with Crippen molar-refractivity contribution in [1.82, 2.24) is 9.78 Å². The molecule has 1 aliphatic carbocycles. The molecule has 2 aromatic rings. The molecule has 1 aromatic carbocycles. The average molecular weight is 299 g/mol. The fourth-order valence-electron chi connectivity index (χ4n) is 2.48. The van der Waals surface area contributed by atoms with Crippen LogP contribution in [0.2, 0.25) is 10.2 Å². The Morgan fingerprint density at radius 1 is 1.11 bits per heavy atom. The normalized spacial score (nSPS) is 15.1. The lowest BCUT2D eigenvalue weighted by atomic mass is 10.1. The molecule has 0 unspecified atom stereocenters. The molecule has 0 N–H and O–H groups in total. The average Bonchev–Trinajstić information content (AvgIpc) is 2.59. The number of hydrogen-bond donors (Lipinski definition) is 0. The summed E-state index contributed by atoms with van der Waals surface area (Å²) in [6, 6.07) is 4.61. The monoisotopic (exact) mass is 298 g/mol. The molecule has 19 heavy (non-hydrogen) atoms. The number of aryl methyl sites for hydroxylation is 1. The molecule has 0 spiro atoms. The number of benzene rings is 1. The van der Waals surface area contributed by atoms with E-state index in [1.54, 1.807) is 10.7 Å². The Labute approximate surface area is 121 Å². The van der Waals surface area contributed by atoms with Gasteiger partial charge < -0.3 is 0 Å². The van der Waals surface area contributed by atoms with Crippen LogP contribution in [0.4, 0.5) is 4.39 Å². The van der Waals surface area contributed by atoms with E-state index in [0.29, 0.717) is 10.8 Å². The van der Waals surface area contributed by atoms with E-state index in [9.17, 15) is 4.39 Å². The Balaban J connectivity index is 2.08. The number of rotatable bonds is 1. The van der Waals surface area contributed by atoms with Gasteiger partial charge in [0.2, 0.25) is 0 Å². The molecule has 5 heteroatoms. The highest BCUT2D eigenvalue weighted by atomic mass is 35.5. The van der Waals surface area contributed by atoms with Gasteiger partial charge in [-0.25, -0.2) is 9.07 Å². The summed E-state index contributed by atoms with van der Waals surface area (Å²) >= 11 is 12.1. The fraction of sp³-hybridized carbons (Fsp3) is 0.357. The van der Waals surface area contributed by atoms with Crippen molar-refractivity contribution in [3.05, 3.63) is 45.4 Å². The summed E-state index contributed by atoms with van der Waals surface area (Å²) in [5.74, 6) is -0.457. The Morgan fingerprint density at radius 3 is 2.68 bits per heavy atom. The van der Waals surface area contributed by atoms with Crippen LogP contribution in [0, 0.1) is 5.82 Å². The molecule has 0 saturated carbocycles. The molecule has 1 aliphatic rings. The summed E-state index contributed by atoms with van der Waals surface area (Å²) in [5, 5.41) is 5.23. The minimum absolute atomic E-state index is 0.105. The highest BCUT2D eigenvalue weighted by Gasteiger charge is 2.19. The van der Waals surface area contributed by atoms with Gasteiger partial charge in [0.15, 0.2) is 0 Å². The number of nitrogens with zero attached hydrogens (tertiary/aromatic N) is 2. The van der Waals surface area contributed by atoms with Gasteiger partial charge in [-0.05, 0) is 37.8 Å². The van der Waals surface area contributed by atoms with Gasteiger partial charge in [0.1, 0.15) is 11.0 Å². The minimum Gasteiger partial charge on any atom is -0.222 e. The summed E-state index contributed by atoms with van der Waals surface area (Å²) in [6.45, 7) is 0. The van der Waals surface area contributed by atoms with E-state index in [4.69, 9.17) is 23.2 Å². The van der Waals surface area contributed by atoms with Crippen molar-refractivity contribution in [1.29, 1.82) is 0 Å². The molecule has 0 bridgehead atoms. The first-order valence-corrected chi connectivity index (χ1v) is 7.14. The second-order valence-electron chi connectivity index (χ2n) is 4.79. The largest absolute Gasteiger partial charge is 0.222 e. The summed E-state index contributed by atoms with van der Waals surface area (Å²) in [6.07, 6.45) is 5.37. The highest BCUT2D eigenvalue weighted by Crippen LogP contribution is 2.29. The van der Waals surface area contributed by atoms with Crippen LogP contribution in [0.5, 0.6) is 0 Å². The number of halogens is 3. The molecule has 0 fully saturated rings. The Hall–Kier alpha value is -1.06. The molecule has 2 nitrogen and oxygen atoms in total.